The van der Waals surface area contributed by atoms with Crippen LogP contribution in [0.2, 0.25) is 5.15 Å². The first kappa shape index (κ1) is 13.6. The fourth-order valence-electron chi connectivity index (χ4n) is 2.24. The van der Waals surface area contributed by atoms with E-state index in [0.717, 1.165) is 11.1 Å². The molecule has 0 atom stereocenters. The number of H-pyrrole nitrogens is 2. The van der Waals surface area contributed by atoms with E-state index in [2.05, 4.69) is 15.2 Å². The van der Waals surface area contributed by atoms with Crippen molar-refractivity contribution in [3.05, 3.63) is 63.8 Å². The number of aliphatic hydroxyl groups is 1. The summed E-state index contributed by atoms with van der Waals surface area (Å²) in [6, 6.07) is 8.80. The standard InChI is InChI=1S/C15H12ClN3O2/c16-14-4-3-13(15(21)19-14)12-2-1-9(5-10(12)8-20)11-6-17-18-7-11/h1-7,20H,8H2,(H,17,18)(H,19,21). The highest BCUT2D eigenvalue weighted by atomic mass is 35.5. The summed E-state index contributed by atoms with van der Waals surface area (Å²) >= 11 is 5.76. The summed E-state index contributed by atoms with van der Waals surface area (Å²) in [6.07, 6.45) is 3.47. The number of hydrogen-bond acceptors (Lipinski definition) is 3. The fraction of sp³-hybridized carbons (Fsp3) is 0.0667. The average Bonchev–Trinajstić information content (AvgIpc) is 3.01. The molecule has 0 aliphatic carbocycles. The van der Waals surface area contributed by atoms with Crippen LogP contribution in [-0.4, -0.2) is 20.3 Å². The molecule has 0 radical (unpaired) electrons. The summed E-state index contributed by atoms with van der Waals surface area (Å²) < 4.78 is 0. The van der Waals surface area contributed by atoms with Crippen molar-refractivity contribution in [2.45, 2.75) is 6.61 Å². The lowest BCUT2D eigenvalue weighted by molar-refractivity contribution is 0.282. The monoisotopic (exact) mass is 301 g/mol. The Morgan fingerprint density at radius 1 is 1.14 bits per heavy atom. The molecule has 21 heavy (non-hydrogen) atoms. The van der Waals surface area contributed by atoms with E-state index in [4.69, 9.17) is 11.6 Å². The Morgan fingerprint density at radius 2 is 1.95 bits per heavy atom. The van der Waals surface area contributed by atoms with Gasteiger partial charge in [0.25, 0.3) is 5.56 Å². The molecule has 0 bridgehead atoms. The van der Waals surface area contributed by atoms with Gasteiger partial charge in [0.05, 0.1) is 12.8 Å². The van der Waals surface area contributed by atoms with Gasteiger partial charge in [0.2, 0.25) is 0 Å². The zero-order valence-electron chi connectivity index (χ0n) is 10.9. The summed E-state index contributed by atoms with van der Waals surface area (Å²) in [5, 5.41) is 16.5. The van der Waals surface area contributed by atoms with Crippen LogP contribution >= 0.6 is 11.6 Å². The highest BCUT2D eigenvalue weighted by Crippen LogP contribution is 2.27. The number of aromatic nitrogens is 3. The minimum absolute atomic E-state index is 0.164. The molecule has 5 nitrogen and oxygen atoms in total. The fourth-order valence-corrected chi connectivity index (χ4v) is 2.39. The molecule has 0 fully saturated rings. The first-order valence-corrected chi connectivity index (χ1v) is 6.69. The van der Waals surface area contributed by atoms with Gasteiger partial charge in [-0.05, 0) is 34.9 Å². The molecule has 0 amide bonds. The van der Waals surface area contributed by atoms with E-state index in [1.165, 1.54) is 0 Å². The quantitative estimate of drug-likeness (QED) is 0.650. The van der Waals surface area contributed by atoms with Crippen LogP contribution in [0.1, 0.15) is 5.56 Å². The van der Waals surface area contributed by atoms with E-state index < -0.39 is 0 Å². The normalized spacial score (nSPS) is 10.8. The Bertz CT molecular complexity index is 825. The smallest absolute Gasteiger partial charge is 0.256 e. The second-order valence-corrected chi connectivity index (χ2v) is 4.97. The third kappa shape index (κ3) is 2.61. The van der Waals surface area contributed by atoms with Gasteiger partial charge in [-0.15, -0.1) is 0 Å². The molecule has 1 aromatic carbocycles. The Kier molecular flexibility index (Phi) is 3.60. The van der Waals surface area contributed by atoms with Gasteiger partial charge in [-0.3, -0.25) is 9.89 Å². The van der Waals surface area contributed by atoms with Gasteiger partial charge in [-0.25, -0.2) is 0 Å². The van der Waals surface area contributed by atoms with Crippen LogP contribution in [0, 0.1) is 0 Å². The lowest BCUT2D eigenvalue weighted by Gasteiger charge is -2.09. The molecule has 2 aromatic heterocycles. The maximum atomic E-state index is 12.0. The number of hydrogen-bond donors (Lipinski definition) is 3. The lowest BCUT2D eigenvalue weighted by Crippen LogP contribution is -2.09. The van der Waals surface area contributed by atoms with E-state index in [0.29, 0.717) is 16.7 Å². The van der Waals surface area contributed by atoms with Gasteiger partial charge in [0, 0.05) is 17.3 Å². The first-order chi connectivity index (χ1) is 10.2. The molecular formula is C15H12ClN3O2. The van der Waals surface area contributed by atoms with Gasteiger partial charge >= 0.3 is 0 Å². The number of aliphatic hydroxyl groups excluding tert-OH is 1. The SMILES string of the molecule is O=c1[nH]c(Cl)ccc1-c1ccc(-c2cn[nH]c2)cc1CO. The van der Waals surface area contributed by atoms with E-state index >= 15 is 0 Å². The highest BCUT2D eigenvalue weighted by molar-refractivity contribution is 6.29. The second-order valence-electron chi connectivity index (χ2n) is 4.57. The van der Waals surface area contributed by atoms with Crippen LogP contribution in [0.4, 0.5) is 0 Å². The topological polar surface area (TPSA) is 81.8 Å². The third-order valence-corrected chi connectivity index (χ3v) is 3.49. The van der Waals surface area contributed by atoms with Crippen molar-refractivity contribution in [3.63, 3.8) is 0 Å². The third-order valence-electron chi connectivity index (χ3n) is 3.27. The van der Waals surface area contributed by atoms with Crippen LogP contribution in [0.25, 0.3) is 22.3 Å². The summed E-state index contributed by atoms with van der Waals surface area (Å²) in [4.78, 5) is 14.5. The molecule has 2 heterocycles. The van der Waals surface area contributed by atoms with Crippen molar-refractivity contribution in [2.75, 3.05) is 0 Å². The largest absolute Gasteiger partial charge is 0.392 e. The molecule has 0 aliphatic heterocycles. The summed E-state index contributed by atoms with van der Waals surface area (Å²) in [6.45, 7) is -0.164. The van der Waals surface area contributed by atoms with Crippen molar-refractivity contribution in [1.82, 2.24) is 15.2 Å². The zero-order valence-corrected chi connectivity index (χ0v) is 11.7. The molecule has 3 N–H and O–H groups in total. The maximum absolute atomic E-state index is 12.0. The van der Waals surface area contributed by atoms with Gasteiger partial charge < -0.3 is 10.1 Å². The average molecular weight is 302 g/mol. The van der Waals surface area contributed by atoms with Crippen LogP contribution in [0.5, 0.6) is 0 Å². The molecule has 3 aromatic rings. The Labute approximate surface area is 125 Å². The van der Waals surface area contributed by atoms with Gasteiger partial charge in [-0.1, -0.05) is 23.7 Å². The molecule has 106 valence electrons. The Morgan fingerprint density at radius 3 is 2.62 bits per heavy atom. The van der Waals surface area contributed by atoms with E-state index in [-0.39, 0.29) is 17.3 Å². The predicted molar refractivity (Wildman–Crippen MR) is 81.0 cm³/mol. The first-order valence-electron chi connectivity index (χ1n) is 6.31. The van der Waals surface area contributed by atoms with E-state index in [1.807, 2.05) is 18.2 Å². The molecule has 6 heteroatoms. The minimum atomic E-state index is -0.284. The Balaban J connectivity index is 2.13. The van der Waals surface area contributed by atoms with Crippen LogP contribution in [0.3, 0.4) is 0 Å². The number of pyridine rings is 1. The van der Waals surface area contributed by atoms with Crippen molar-refractivity contribution in [3.8, 4) is 22.3 Å². The van der Waals surface area contributed by atoms with Crippen molar-refractivity contribution in [2.24, 2.45) is 0 Å². The summed E-state index contributed by atoms with van der Waals surface area (Å²) in [5.41, 5.74) is 3.38. The molecule has 0 unspecified atom stereocenters. The van der Waals surface area contributed by atoms with Crippen molar-refractivity contribution >= 4 is 11.6 Å². The zero-order chi connectivity index (χ0) is 14.8. The predicted octanol–water partition coefficient (Wildman–Crippen LogP) is 2.58. The molecule has 0 saturated carbocycles. The Hall–Kier alpha value is -2.37. The number of aromatic amines is 2. The number of benzene rings is 1. The highest BCUT2D eigenvalue weighted by Gasteiger charge is 2.10. The number of nitrogens with one attached hydrogen (secondary N) is 2. The van der Waals surface area contributed by atoms with Crippen molar-refractivity contribution in [1.29, 1.82) is 0 Å². The van der Waals surface area contributed by atoms with Crippen LogP contribution < -0.4 is 5.56 Å². The molecule has 0 saturated heterocycles. The number of halogens is 1. The molecule has 0 spiro atoms. The summed E-state index contributed by atoms with van der Waals surface area (Å²) in [5.74, 6) is 0. The van der Waals surface area contributed by atoms with Gasteiger partial charge in [0.15, 0.2) is 0 Å². The number of rotatable bonds is 3. The van der Waals surface area contributed by atoms with Gasteiger partial charge in [0.1, 0.15) is 5.15 Å². The second kappa shape index (κ2) is 5.55. The molecule has 3 rings (SSSR count). The molecule has 0 aliphatic rings. The van der Waals surface area contributed by atoms with E-state index in [1.54, 1.807) is 24.5 Å². The maximum Gasteiger partial charge on any atom is 0.256 e. The lowest BCUT2D eigenvalue weighted by atomic mass is 9.97. The molecular weight excluding hydrogens is 290 g/mol. The summed E-state index contributed by atoms with van der Waals surface area (Å²) in [7, 11) is 0. The minimum Gasteiger partial charge on any atom is -0.392 e. The number of nitrogens with zero attached hydrogens (tertiary/aromatic N) is 1. The van der Waals surface area contributed by atoms with Crippen LogP contribution in [-0.2, 0) is 6.61 Å². The van der Waals surface area contributed by atoms with E-state index in [9.17, 15) is 9.90 Å². The van der Waals surface area contributed by atoms with Crippen LogP contribution in [0.15, 0.2) is 47.5 Å². The van der Waals surface area contributed by atoms with Gasteiger partial charge in [-0.2, -0.15) is 5.10 Å². The van der Waals surface area contributed by atoms with Crippen molar-refractivity contribution < 1.29 is 5.11 Å².